The summed E-state index contributed by atoms with van der Waals surface area (Å²) in [6.07, 6.45) is 3.97. The molecule has 0 fully saturated rings. The van der Waals surface area contributed by atoms with Crippen LogP contribution in [0, 0.1) is 0 Å². The Bertz CT molecular complexity index is 1000. The molecule has 3 aromatic carbocycles. The van der Waals surface area contributed by atoms with E-state index in [9.17, 15) is 10.2 Å². The summed E-state index contributed by atoms with van der Waals surface area (Å²) in [4.78, 5) is 0. The van der Waals surface area contributed by atoms with E-state index in [2.05, 4.69) is 5.16 Å². The van der Waals surface area contributed by atoms with Crippen molar-refractivity contribution in [1.82, 2.24) is 5.16 Å². The number of hydrogen-bond acceptors (Lipinski definition) is 4. The van der Waals surface area contributed by atoms with Crippen LogP contribution in [0.2, 0.25) is 0 Å². The van der Waals surface area contributed by atoms with Gasteiger partial charge in [-0.3, -0.25) is 0 Å². The molecule has 4 aromatic rings. The predicted octanol–water partition coefficient (Wildman–Crippen LogP) is 5.59. The van der Waals surface area contributed by atoms with E-state index in [0.29, 0.717) is 11.5 Å². The van der Waals surface area contributed by atoms with Gasteiger partial charge in [-0.25, -0.2) is 0 Å². The largest absolute Gasteiger partial charge is 0.508 e. The van der Waals surface area contributed by atoms with Gasteiger partial charge in [-0.1, -0.05) is 41.6 Å². The third-order valence-electron chi connectivity index (χ3n) is 4.24. The second kappa shape index (κ2) is 7.22. The van der Waals surface area contributed by atoms with E-state index < -0.39 is 0 Å². The lowest BCUT2D eigenvalue weighted by molar-refractivity contribution is 0.434. The zero-order valence-electron chi connectivity index (χ0n) is 14.4. The molecule has 0 amide bonds. The molecule has 0 spiro atoms. The van der Waals surface area contributed by atoms with E-state index in [-0.39, 0.29) is 11.5 Å². The van der Waals surface area contributed by atoms with Crippen molar-refractivity contribution in [3.05, 3.63) is 90.0 Å². The molecule has 0 aliphatic carbocycles. The molecule has 4 nitrogen and oxygen atoms in total. The molecule has 4 rings (SSSR count). The SMILES string of the molecule is Oc1ccc(-c2noc(-c3ccc(O)cc3)c2/C=C\c2ccccc2)cc1. The smallest absolute Gasteiger partial charge is 0.174 e. The molecule has 0 bridgehead atoms. The van der Waals surface area contributed by atoms with Crippen LogP contribution in [0.1, 0.15) is 11.1 Å². The normalized spacial score (nSPS) is 11.1. The second-order valence-corrected chi connectivity index (χ2v) is 6.11. The number of benzene rings is 3. The molecular weight excluding hydrogens is 338 g/mol. The third-order valence-corrected chi connectivity index (χ3v) is 4.24. The van der Waals surface area contributed by atoms with Gasteiger partial charge < -0.3 is 14.7 Å². The first kappa shape index (κ1) is 16.7. The number of aromatic nitrogens is 1. The summed E-state index contributed by atoms with van der Waals surface area (Å²) in [5.74, 6) is 1.01. The third kappa shape index (κ3) is 3.60. The van der Waals surface area contributed by atoms with Crippen LogP contribution in [-0.4, -0.2) is 15.4 Å². The van der Waals surface area contributed by atoms with Crippen molar-refractivity contribution in [3.63, 3.8) is 0 Å². The fourth-order valence-corrected chi connectivity index (χ4v) is 2.84. The fourth-order valence-electron chi connectivity index (χ4n) is 2.84. The number of hydrogen-bond donors (Lipinski definition) is 2. The molecule has 27 heavy (non-hydrogen) atoms. The zero-order valence-corrected chi connectivity index (χ0v) is 14.4. The highest BCUT2D eigenvalue weighted by Crippen LogP contribution is 2.34. The average molecular weight is 355 g/mol. The maximum Gasteiger partial charge on any atom is 0.174 e. The maximum absolute atomic E-state index is 9.55. The molecule has 0 unspecified atom stereocenters. The molecule has 132 valence electrons. The molecule has 0 saturated heterocycles. The summed E-state index contributed by atoms with van der Waals surface area (Å²) in [5, 5.41) is 23.4. The standard InChI is InChI=1S/C23H17NO3/c25-19-11-7-17(8-12-19)22-21(15-6-16-4-2-1-3-5-16)23(27-24-22)18-9-13-20(26)14-10-18/h1-15,25-26H/b15-6-. The minimum absolute atomic E-state index is 0.193. The van der Waals surface area contributed by atoms with Crippen molar-refractivity contribution in [2.45, 2.75) is 0 Å². The Balaban J connectivity index is 1.83. The molecule has 2 N–H and O–H groups in total. The lowest BCUT2D eigenvalue weighted by Crippen LogP contribution is -1.83. The summed E-state index contributed by atoms with van der Waals surface area (Å²) in [5.41, 5.74) is 4.24. The van der Waals surface area contributed by atoms with Crippen LogP contribution in [-0.2, 0) is 0 Å². The first-order valence-corrected chi connectivity index (χ1v) is 8.52. The van der Waals surface area contributed by atoms with Crippen molar-refractivity contribution in [3.8, 4) is 34.1 Å². The lowest BCUT2D eigenvalue weighted by atomic mass is 10.0. The van der Waals surface area contributed by atoms with Crippen LogP contribution in [0.5, 0.6) is 11.5 Å². The molecule has 1 heterocycles. The van der Waals surface area contributed by atoms with Gasteiger partial charge in [0.1, 0.15) is 17.2 Å². The van der Waals surface area contributed by atoms with Crippen molar-refractivity contribution in [2.24, 2.45) is 0 Å². The Hall–Kier alpha value is -3.79. The molecule has 0 aliphatic heterocycles. The monoisotopic (exact) mass is 355 g/mol. The molecule has 0 saturated carbocycles. The highest BCUT2D eigenvalue weighted by molar-refractivity contribution is 5.86. The quantitative estimate of drug-likeness (QED) is 0.501. The van der Waals surface area contributed by atoms with Gasteiger partial charge >= 0.3 is 0 Å². The Kier molecular flexibility index (Phi) is 4.45. The Morgan fingerprint density at radius 2 is 1.26 bits per heavy atom. The van der Waals surface area contributed by atoms with Gasteiger partial charge in [0.25, 0.3) is 0 Å². The summed E-state index contributed by atoms with van der Waals surface area (Å²) < 4.78 is 5.65. The van der Waals surface area contributed by atoms with Gasteiger partial charge in [-0.05, 0) is 60.2 Å². The summed E-state index contributed by atoms with van der Waals surface area (Å²) >= 11 is 0. The van der Waals surface area contributed by atoms with Crippen molar-refractivity contribution >= 4 is 12.2 Å². The highest BCUT2D eigenvalue weighted by atomic mass is 16.5. The fraction of sp³-hybridized carbons (Fsp3) is 0. The predicted molar refractivity (Wildman–Crippen MR) is 106 cm³/mol. The highest BCUT2D eigenvalue weighted by Gasteiger charge is 2.17. The number of phenols is 2. The molecule has 0 radical (unpaired) electrons. The van der Waals surface area contributed by atoms with E-state index >= 15 is 0 Å². The van der Waals surface area contributed by atoms with Gasteiger partial charge in [0.05, 0.1) is 5.56 Å². The van der Waals surface area contributed by atoms with E-state index in [1.54, 1.807) is 48.5 Å². The number of nitrogens with zero attached hydrogens (tertiary/aromatic N) is 1. The maximum atomic E-state index is 9.55. The van der Waals surface area contributed by atoms with Gasteiger partial charge in [0.15, 0.2) is 5.76 Å². The topological polar surface area (TPSA) is 66.5 Å². The Morgan fingerprint density at radius 1 is 0.667 bits per heavy atom. The molecular formula is C23H17NO3. The summed E-state index contributed by atoms with van der Waals surface area (Å²) in [6, 6.07) is 23.6. The van der Waals surface area contributed by atoms with Crippen LogP contribution in [0.4, 0.5) is 0 Å². The van der Waals surface area contributed by atoms with Crippen LogP contribution >= 0.6 is 0 Å². The molecule has 4 heteroatoms. The first-order valence-electron chi connectivity index (χ1n) is 8.52. The zero-order chi connectivity index (χ0) is 18.6. The summed E-state index contributed by atoms with van der Waals surface area (Å²) in [7, 11) is 0. The Morgan fingerprint density at radius 3 is 1.89 bits per heavy atom. The average Bonchev–Trinajstić information content (AvgIpc) is 3.12. The number of phenolic OH excluding ortho intramolecular Hbond substituents is 2. The minimum Gasteiger partial charge on any atom is -0.508 e. The van der Waals surface area contributed by atoms with Crippen molar-refractivity contribution < 1.29 is 14.7 Å². The number of aromatic hydroxyl groups is 2. The van der Waals surface area contributed by atoms with E-state index in [1.165, 1.54) is 0 Å². The van der Waals surface area contributed by atoms with E-state index in [1.807, 2.05) is 42.5 Å². The van der Waals surface area contributed by atoms with Crippen LogP contribution in [0.3, 0.4) is 0 Å². The summed E-state index contributed by atoms with van der Waals surface area (Å²) in [6.45, 7) is 0. The molecule has 0 aliphatic rings. The van der Waals surface area contributed by atoms with E-state index in [0.717, 1.165) is 22.3 Å². The van der Waals surface area contributed by atoms with Crippen molar-refractivity contribution in [1.29, 1.82) is 0 Å². The van der Waals surface area contributed by atoms with Crippen LogP contribution in [0.25, 0.3) is 34.7 Å². The number of rotatable bonds is 4. The van der Waals surface area contributed by atoms with Gasteiger partial charge in [-0.2, -0.15) is 0 Å². The molecule has 0 atom stereocenters. The van der Waals surface area contributed by atoms with Gasteiger partial charge in [-0.15, -0.1) is 0 Å². The molecule has 1 aromatic heterocycles. The van der Waals surface area contributed by atoms with Gasteiger partial charge in [0.2, 0.25) is 0 Å². The lowest BCUT2D eigenvalue weighted by Gasteiger charge is -2.02. The minimum atomic E-state index is 0.193. The van der Waals surface area contributed by atoms with E-state index in [4.69, 9.17) is 4.52 Å². The Labute approximate surface area is 156 Å². The van der Waals surface area contributed by atoms with Gasteiger partial charge in [0, 0.05) is 11.1 Å². The van der Waals surface area contributed by atoms with Crippen LogP contribution < -0.4 is 0 Å². The van der Waals surface area contributed by atoms with Crippen molar-refractivity contribution in [2.75, 3.05) is 0 Å². The second-order valence-electron chi connectivity index (χ2n) is 6.11. The van der Waals surface area contributed by atoms with Crippen LogP contribution in [0.15, 0.2) is 83.4 Å². The first-order chi connectivity index (χ1) is 13.2.